The topological polar surface area (TPSA) is 66.1 Å². The Morgan fingerprint density at radius 2 is 1.96 bits per heavy atom. The standard InChI is InChI=1S/C18H15F2N3O2/c1-2-23(18(25)13-9-11(19)7-8-14(13)20)10-16-21-15-6-4-3-5-12(15)17(24)22-16/h3-9H,2,10H2,1H3,(H,21,22,24). The first-order chi connectivity index (χ1) is 12.0. The molecule has 3 aromatic rings. The second-order valence-corrected chi connectivity index (χ2v) is 5.47. The minimum Gasteiger partial charge on any atom is -0.331 e. The van der Waals surface area contributed by atoms with Crippen molar-refractivity contribution < 1.29 is 13.6 Å². The van der Waals surface area contributed by atoms with E-state index < -0.39 is 17.5 Å². The van der Waals surface area contributed by atoms with Crippen molar-refractivity contribution in [3.63, 3.8) is 0 Å². The number of aromatic nitrogens is 2. The molecule has 0 aliphatic heterocycles. The van der Waals surface area contributed by atoms with E-state index >= 15 is 0 Å². The number of rotatable bonds is 4. The van der Waals surface area contributed by atoms with Gasteiger partial charge in [0, 0.05) is 6.54 Å². The summed E-state index contributed by atoms with van der Waals surface area (Å²) in [6.07, 6.45) is 0. The van der Waals surface area contributed by atoms with Crippen LogP contribution < -0.4 is 5.56 Å². The minimum absolute atomic E-state index is 0.0225. The van der Waals surface area contributed by atoms with Crippen LogP contribution >= 0.6 is 0 Å². The first-order valence-electron chi connectivity index (χ1n) is 7.72. The number of hydrogen-bond donors (Lipinski definition) is 1. The molecule has 3 rings (SSSR count). The van der Waals surface area contributed by atoms with Gasteiger partial charge in [-0.25, -0.2) is 13.8 Å². The summed E-state index contributed by atoms with van der Waals surface area (Å²) in [5.74, 6) is -1.89. The van der Waals surface area contributed by atoms with E-state index in [1.165, 1.54) is 4.90 Å². The maximum Gasteiger partial charge on any atom is 0.258 e. The van der Waals surface area contributed by atoms with E-state index in [-0.39, 0.29) is 30.0 Å². The maximum atomic E-state index is 13.8. The van der Waals surface area contributed by atoms with Crippen LogP contribution in [0.15, 0.2) is 47.3 Å². The molecular weight excluding hydrogens is 328 g/mol. The number of carbonyl (C=O) groups excluding carboxylic acids is 1. The Morgan fingerprint density at radius 3 is 2.72 bits per heavy atom. The molecule has 25 heavy (non-hydrogen) atoms. The van der Waals surface area contributed by atoms with Gasteiger partial charge in [0.1, 0.15) is 17.5 Å². The summed E-state index contributed by atoms with van der Waals surface area (Å²) in [5.41, 5.74) is -0.173. The highest BCUT2D eigenvalue weighted by molar-refractivity contribution is 5.94. The quantitative estimate of drug-likeness (QED) is 0.792. The van der Waals surface area contributed by atoms with Gasteiger partial charge in [-0.1, -0.05) is 12.1 Å². The third kappa shape index (κ3) is 3.40. The summed E-state index contributed by atoms with van der Waals surface area (Å²) < 4.78 is 27.2. The Bertz CT molecular complexity index is 1000. The monoisotopic (exact) mass is 343 g/mol. The molecule has 2 aromatic carbocycles. The lowest BCUT2D eigenvalue weighted by atomic mass is 10.1. The smallest absolute Gasteiger partial charge is 0.258 e. The molecule has 0 radical (unpaired) electrons. The van der Waals surface area contributed by atoms with Gasteiger partial charge in [0.05, 0.1) is 23.0 Å². The zero-order valence-corrected chi connectivity index (χ0v) is 13.4. The van der Waals surface area contributed by atoms with Crippen molar-refractivity contribution in [2.75, 3.05) is 6.54 Å². The molecule has 0 bridgehead atoms. The van der Waals surface area contributed by atoms with E-state index in [2.05, 4.69) is 9.97 Å². The number of aromatic amines is 1. The lowest BCUT2D eigenvalue weighted by molar-refractivity contribution is 0.0743. The Balaban J connectivity index is 1.93. The van der Waals surface area contributed by atoms with E-state index in [0.717, 1.165) is 18.2 Å². The van der Waals surface area contributed by atoms with Crippen LogP contribution in [0.4, 0.5) is 8.78 Å². The zero-order valence-electron chi connectivity index (χ0n) is 13.4. The summed E-state index contributed by atoms with van der Waals surface area (Å²) in [6.45, 7) is 1.92. The predicted octanol–water partition coefficient (Wildman–Crippen LogP) is 2.86. The molecule has 0 fully saturated rings. The number of hydrogen-bond acceptors (Lipinski definition) is 3. The summed E-state index contributed by atoms with van der Waals surface area (Å²) in [4.78, 5) is 32.8. The van der Waals surface area contributed by atoms with Crippen LogP contribution in [0.25, 0.3) is 10.9 Å². The summed E-state index contributed by atoms with van der Waals surface area (Å²) in [5, 5.41) is 0.441. The molecule has 0 saturated carbocycles. The number of halogens is 2. The van der Waals surface area contributed by atoms with Gasteiger partial charge >= 0.3 is 0 Å². The normalized spacial score (nSPS) is 10.8. The number of nitrogens with zero attached hydrogens (tertiary/aromatic N) is 2. The predicted molar refractivity (Wildman–Crippen MR) is 89.1 cm³/mol. The van der Waals surface area contributed by atoms with Crippen molar-refractivity contribution in [3.05, 3.63) is 75.8 Å². The van der Waals surface area contributed by atoms with Crippen molar-refractivity contribution in [1.29, 1.82) is 0 Å². The third-order valence-corrected chi connectivity index (χ3v) is 3.83. The number of H-pyrrole nitrogens is 1. The van der Waals surface area contributed by atoms with Crippen LogP contribution in [0.2, 0.25) is 0 Å². The molecule has 1 aromatic heterocycles. The van der Waals surface area contributed by atoms with Crippen molar-refractivity contribution in [3.8, 4) is 0 Å². The van der Waals surface area contributed by atoms with Gasteiger partial charge in [0.25, 0.3) is 11.5 Å². The number of nitrogens with one attached hydrogen (secondary N) is 1. The van der Waals surface area contributed by atoms with Crippen LogP contribution in [0.1, 0.15) is 23.1 Å². The molecule has 5 nitrogen and oxygen atoms in total. The van der Waals surface area contributed by atoms with Crippen molar-refractivity contribution in [1.82, 2.24) is 14.9 Å². The van der Waals surface area contributed by atoms with Crippen LogP contribution in [0.5, 0.6) is 0 Å². The number of fused-ring (bicyclic) bond motifs is 1. The second-order valence-electron chi connectivity index (χ2n) is 5.47. The van der Waals surface area contributed by atoms with E-state index in [1.807, 2.05) is 0 Å². The highest BCUT2D eigenvalue weighted by Crippen LogP contribution is 2.14. The highest BCUT2D eigenvalue weighted by atomic mass is 19.1. The van der Waals surface area contributed by atoms with Crippen molar-refractivity contribution in [2.45, 2.75) is 13.5 Å². The Hall–Kier alpha value is -3.09. The van der Waals surface area contributed by atoms with E-state index in [0.29, 0.717) is 10.9 Å². The van der Waals surface area contributed by atoms with E-state index in [1.54, 1.807) is 31.2 Å². The first kappa shape index (κ1) is 16.8. The Morgan fingerprint density at radius 1 is 1.20 bits per heavy atom. The Labute approximate surface area is 141 Å². The third-order valence-electron chi connectivity index (χ3n) is 3.83. The summed E-state index contributed by atoms with van der Waals surface area (Å²) in [7, 11) is 0. The fourth-order valence-electron chi connectivity index (χ4n) is 2.55. The van der Waals surface area contributed by atoms with Crippen LogP contribution in [0, 0.1) is 11.6 Å². The molecule has 1 amide bonds. The molecular formula is C18H15F2N3O2. The molecule has 1 N–H and O–H groups in total. The molecule has 0 aliphatic rings. The van der Waals surface area contributed by atoms with Gasteiger partial charge in [0.15, 0.2) is 0 Å². The number of benzene rings is 2. The van der Waals surface area contributed by atoms with E-state index in [4.69, 9.17) is 0 Å². The van der Waals surface area contributed by atoms with Gasteiger partial charge in [-0.2, -0.15) is 0 Å². The number of para-hydroxylation sites is 1. The van der Waals surface area contributed by atoms with Gasteiger partial charge < -0.3 is 9.88 Å². The van der Waals surface area contributed by atoms with E-state index in [9.17, 15) is 18.4 Å². The highest BCUT2D eigenvalue weighted by Gasteiger charge is 2.20. The molecule has 0 atom stereocenters. The first-order valence-corrected chi connectivity index (χ1v) is 7.72. The molecule has 0 unspecified atom stereocenters. The Kier molecular flexibility index (Phi) is 4.56. The number of amides is 1. The average molecular weight is 343 g/mol. The lowest BCUT2D eigenvalue weighted by Crippen LogP contribution is -2.32. The van der Waals surface area contributed by atoms with Crippen molar-refractivity contribution >= 4 is 16.8 Å². The van der Waals surface area contributed by atoms with Gasteiger partial charge in [-0.15, -0.1) is 0 Å². The molecule has 7 heteroatoms. The zero-order chi connectivity index (χ0) is 18.0. The number of carbonyl (C=O) groups is 1. The molecule has 0 spiro atoms. The molecule has 0 saturated heterocycles. The molecule has 128 valence electrons. The minimum atomic E-state index is -0.801. The molecule has 0 aliphatic carbocycles. The van der Waals surface area contributed by atoms with Gasteiger partial charge in [0.2, 0.25) is 0 Å². The lowest BCUT2D eigenvalue weighted by Gasteiger charge is -2.20. The summed E-state index contributed by atoms with van der Waals surface area (Å²) in [6, 6.07) is 9.54. The van der Waals surface area contributed by atoms with Crippen LogP contribution in [0.3, 0.4) is 0 Å². The van der Waals surface area contributed by atoms with Crippen molar-refractivity contribution in [2.24, 2.45) is 0 Å². The average Bonchev–Trinajstić information content (AvgIpc) is 2.61. The van der Waals surface area contributed by atoms with Crippen LogP contribution in [-0.2, 0) is 6.54 Å². The maximum absolute atomic E-state index is 13.8. The largest absolute Gasteiger partial charge is 0.331 e. The van der Waals surface area contributed by atoms with Gasteiger partial charge in [-0.3, -0.25) is 9.59 Å². The fraction of sp³-hybridized carbons (Fsp3) is 0.167. The van der Waals surface area contributed by atoms with Crippen LogP contribution in [-0.4, -0.2) is 27.3 Å². The van der Waals surface area contributed by atoms with Gasteiger partial charge in [-0.05, 0) is 37.3 Å². The second kappa shape index (κ2) is 6.80. The summed E-state index contributed by atoms with van der Waals surface area (Å²) >= 11 is 0. The fourth-order valence-corrected chi connectivity index (χ4v) is 2.55. The molecule has 1 heterocycles. The SMILES string of the molecule is CCN(Cc1nc2ccccc2c(=O)[nH]1)C(=O)c1cc(F)ccc1F.